The number of hydrogen-bond acceptors (Lipinski definition) is 1. The van der Waals surface area contributed by atoms with E-state index < -0.39 is 0 Å². The van der Waals surface area contributed by atoms with Gasteiger partial charge in [0.15, 0.2) is 0 Å². The molecule has 1 rings (SSSR count). The fourth-order valence-electron chi connectivity index (χ4n) is 0.991. The number of nitrogens with two attached hydrogens (primary N) is 1. The predicted octanol–water partition coefficient (Wildman–Crippen LogP) is 1.83. The van der Waals surface area contributed by atoms with E-state index >= 15 is 0 Å². The zero-order valence-electron chi connectivity index (χ0n) is 5.89. The summed E-state index contributed by atoms with van der Waals surface area (Å²) in [5.74, 6) is 0. The van der Waals surface area contributed by atoms with E-state index in [9.17, 15) is 0 Å². The van der Waals surface area contributed by atoms with Crippen LogP contribution < -0.4 is 5.73 Å². The molecule has 0 spiro atoms. The van der Waals surface area contributed by atoms with E-state index in [-0.39, 0.29) is 5.38 Å². The molecule has 0 heterocycles. The molecule has 0 aromatic rings. The molecule has 56 valence electrons. The Kier molecular flexibility index (Phi) is 2.97. The van der Waals surface area contributed by atoms with E-state index in [0.29, 0.717) is 0 Å². The molecule has 0 fully saturated rings. The van der Waals surface area contributed by atoms with Crippen LogP contribution in [-0.2, 0) is 0 Å². The summed E-state index contributed by atoms with van der Waals surface area (Å²) in [6.07, 6.45) is 8.17. The summed E-state index contributed by atoms with van der Waals surface area (Å²) in [6.45, 7) is 0.725. The Balaban J connectivity index is 2.42. The number of hydrogen-bond donors (Lipinski definition) is 1. The first kappa shape index (κ1) is 7.83. The van der Waals surface area contributed by atoms with Crippen molar-refractivity contribution >= 4 is 11.6 Å². The van der Waals surface area contributed by atoms with Crippen LogP contribution in [0.15, 0.2) is 23.8 Å². The van der Waals surface area contributed by atoms with Gasteiger partial charge in [-0.3, -0.25) is 0 Å². The molecule has 0 bridgehead atoms. The minimum absolute atomic E-state index is 0.196. The van der Waals surface area contributed by atoms with Crippen LogP contribution in [0.2, 0.25) is 0 Å². The minimum Gasteiger partial charge on any atom is -0.330 e. The van der Waals surface area contributed by atoms with Gasteiger partial charge >= 0.3 is 0 Å². The van der Waals surface area contributed by atoms with Gasteiger partial charge in [0, 0.05) is 0 Å². The smallest absolute Gasteiger partial charge is 0.0553 e. The van der Waals surface area contributed by atoms with Crippen molar-refractivity contribution in [3.05, 3.63) is 23.8 Å². The lowest BCUT2D eigenvalue weighted by Gasteiger charge is -2.08. The van der Waals surface area contributed by atoms with Crippen molar-refractivity contribution in [2.45, 2.75) is 18.2 Å². The third-order valence-corrected chi connectivity index (χ3v) is 1.88. The summed E-state index contributed by atoms with van der Waals surface area (Å²) >= 11 is 5.82. The maximum Gasteiger partial charge on any atom is 0.0553 e. The third-order valence-electron chi connectivity index (χ3n) is 1.56. The molecule has 1 aliphatic carbocycles. The normalized spacial score (nSPS) is 24.6. The van der Waals surface area contributed by atoms with Crippen LogP contribution in [0.3, 0.4) is 0 Å². The standard InChI is InChI=1S/C8H12ClN/c9-8-3-1-7(2-4-8)5-6-10/h1-3,8H,4-6,10H2. The van der Waals surface area contributed by atoms with Gasteiger partial charge in [-0.2, -0.15) is 0 Å². The van der Waals surface area contributed by atoms with E-state index in [1.807, 2.05) is 6.08 Å². The highest BCUT2D eigenvalue weighted by molar-refractivity contribution is 6.22. The molecule has 1 atom stereocenters. The molecule has 0 aromatic heterocycles. The molecule has 0 aliphatic heterocycles. The Morgan fingerprint density at radius 2 is 2.50 bits per heavy atom. The zero-order valence-corrected chi connectivity index (χ0v) is 6.64. The monoisotopic (exact) mass is 157 g/mol. The number of halogens is 1. The number of rotatable bonds is 2. The van der Waals surface area contributed by atoms with E-state index in [2.05, 4.69) is 12.2 Å². The molecule has 0 saturated heterocycles. The van der Waals surface area contributed by atoms with Crippen molar-refractivity contribution in [1.29, 1.82) is 0 Å². The lowest BCUT2D eigenvalue weighted by atomic mass is 10.0. The SMILES string of the molecule is NCCC1=CCC(Cl)C=C1. The molecule has 0 saturated carbocycles. The topological polar surface area (TPSA) is 26.0 Å². The van der Waals surface area contributed by atoms with Crippen molar-refractivity contribution < 1.29 is 0 Å². The fourth-order valence-corrected chi connectivity index (χ4v) is 1.15. The molecule has 0 amide bonds. The molecular weight excluding hydrogens is 146 g/mol. The highest BCUT2D eigenvalue weighted by Crippen LogP contribution is 2.16. The highest BCUT2D eigenvalue weighted by atomic mass is 35.5. The summed E-state index contributed by atoms with van der Waals surface area (Å²) in [5.41, 5.74) is 6.71. The van der Waals surface area contributed by atoms with E-state index in [1.54, 1.807) is 0 Å². The molecule has 2 heteroatoms. The van der Waals surface area contributed by atoms with Gasteiger partial charge < -0.3 is 5.73 Å². The van der Waals surface area contributed by atoms with Crippen LogP contribution in [0.25, 0.3) is 0 Å². The first-order chi connectivity index (χ1) is 4.83. The Bertz CT molecular complexity index is 161. The van der Waals surface area contributed by atoms with E-state index in [4.69, 9.17) is 17.3 Å². The Morgan fingerprint density at radius 3 is 3.00 bits per heavy atom. The zero-order chi connectivity index (χ0) is 7.40. The quantitative estimate of drug-likeness (QED) is 0.609. The van der Waals surface area contributed by atoms with Crippen molar-refractivity contribution in [3.63, 3.8) is 0 Å². The molecule has 2 N–H and O–H groups in total. The van der Waals surface area contributed by atoms with E-state index in [1.165, 1.54) is 5.57 Å². The van der Waals surface area contributed by atoms with Gasteiger partial charge in [-0.1, -0.05) is 23.8 Å². The van der Waals surface area contributed by atoms with E-state index in [0.717, 1.165) is 19.4 Å². The predicted molar refractivity (Wildman–Crippen MR) is 45.2 cm³/mol. The third kappa shape index (κ3) is 2.16. The summed E-state index contributed by atoms with van der Waals surface area (Å²) in [7, 11) is 0. The van der Waals surface area contributed by atoms with Crippen LogP contribution in [0.5, 0.6) is 0 Å². The van der Waals surface area contributed by atoms with Crippen molar-refractivity contribution in [2.75, 3.05) is 6.54 Å². The number of alkyl halides is 1. The lowest BCUT2D eigenvalue weighted by Crippen LogP contribution is -2.03. The van der Waals surface area contributed by atoms with Gasteiger partial charge in [-0.15, -0.1) is 11.6 Å². The van der Waals surface area contributed by atoms with Crippen LogP contribution >= 0.6 is 11.6 Å². The molecule has 10 heavy (non-hydrogen) atoms. The maximum absolute atomic E-state index is 5.82. The van der Waals surface area contributed by atoms with Gasteiger partial charge in [-0.25, -0.2) is 0 Å². The first-order valence-electron chi connectivity index (χ1n) is 3.54. The molecule has 1 nitrogen and oxygen atoms in total. The van der Waals surface area contributed by atoms with Crippen molar-refractivity contribution in [1.82, 2.24) is 0 Å². The molecular formula is C8H12ClN. The summed E-state index contributed by atoms with van der Waals surface area (Å²) in [4.78, 5) is 0. The minimum atomic E-state index is 0.196. The average molecular weight is 158 g/mol. The maximum atomic E-state index is 5.82. The summed E-state index contributed by atoms with van der Waals surface area (Å²) in [5, 5.41) is 0.196. The summed E-state index contributed by atoms with van der Waals surface area (Å²) in [6, 6.07) is 0. The summed E-state index contributed by atoms with van der Waals surface area (Å²) < 4.78 is 0. The second-order valence-electron chi connectivity index (χ2n) is 2.43. The largest absolute Gasteiger partial charge is 0.330 e. The Hall–Kier alpha value is -0.270. The van der Waals surface area contributed by atoms with Gasteiger partial charge in [0.2, 0.25) is 0 Å². The van der Waals surface area contributed by atoms with Crippen LogP contribution in [0.4, 0.5) is 0 Å². The Morgan fingerprint density at radius 1 is 1.70 bits per heavy atom. The molecule has 0 aromatic carbocycles. The van der Waals surface area contributed by atoms with Crippen molar-refractivity contribution in [3.8, 4) is 0 Å². The van der Waals surface area contributed by atoms with Crippen molar-refractivity contribution in [2.24, 2.45) is 5.73 Å². The van der Waals surface area contributed by atoms with Gasteiger partial charge in [0.1, 0.15) is 0 Å². The molecule has 1 aliphatic rings. The highest BCUT2D eigenvalue weighted by Gasteiger charge is 2.03. The average Bonchev–Trinajstić information content (AvgIpc) is 1.95. The molecule has 1 unspecified atom stereocenters. The number of allylic oxidation sites excluding steroid dienone is 3. The Labute approximate surface area is 66.6 Å². The van der Waals surface area contributed by atoms with Crippen LogP contribution in [0, 0.1) is 0 Å². The lowest BCUT2D eigenvalue weighted by molar-refractivity contribution is 0.930. The van der Waals surface area contributed by atoms with Gasteiger partial charge in [-0.05, 0) is 19.4 Å². The van der Waals surface area contributed by atoms with Gasteiger partial charge in [0.05, 0.1) is 5.38 Å². The fraction of sp³-hybridized carbons (Fsp3) is 0.500. The second kappa shape index (κ2) is 3.79. The van der Waals surface area contributed by atoms with Crippen LogP contribution in [0.1, 0.15) is 12.8 Å². The molecule has 0 radical (unpaired) electrons. The second-order valence-corrected chi connectivity index (χ2v) is 2.99. The van der Waals surface area contributed by atoms with Gasteiger partial charge in [0.25, 0.3) is 0 Å². The first-order valence-corrected chi connectivity index (χ1v) is 3.98. The van der Waals surface area contributed by atoms with Crippen LogP contribution in [-0.4, -0.2) is 11.9 Å².